The molecule has 0 radical (unpaired) electrons. The summed E-state index contributed by atoms with van der Waals surface area (Å²) in [7, 11) is 0. The van der Waals surface area contributed by atoms with Gasteiger partial charge in [-0.25, -0.2) is 4.39 Å². The summed E-state index contributed by atoms with van der Waals surface area (Å²) < 4.78 is 18.2. The lowest BCUT2D eigenvalue weighted by molar-refractivity contribution is 0.0149. The molecule has 0 aliphatic carbocycles. The summed E-state index contributed by atoms with van der Waals surface area (Å²) in [4.78, 5) is 0. The van der Waals surface area contributed by atoms with Crippen LogP contribution in [-0.2, 0) is 4.74 Å². The molecule has 1 atom stereocenters. The third kappa shape index (κ3) is 2.69. The largest absolute Gasteiger partial charge is 0.374 e. The number of hydrogen-bond donors (Lipinski definition) is 0. The van der Waals surface area contributed by atoms with Crippen LogP contribution >= 0.6 is 12.4 Å². The van der Waals surface area contributed by atoms with Gasteiger partial charge in [-0.05, 0) is 37.0 Å². The van der Waals surface area contributed by atoms with Gasteiger partial charge in [0.15, 0.2) is 0 Å². The van der Waals surface area contributed by atoms with E-state index in [0.29, 0.717) is 0 Å². The molecule has 1 aromatic rings. The molecule has 1 aliphatic rings. The molecular weight excluding hydrogens is 203 g/mol. The van der Waals surface area contributed by atoms with Crippen molar-refractivity contribution in [2.75, 3.05) is 6.61 Å². The van der Waals surface area contributed by atoms with Crippen LogP contribution in [0.15, 0.2) is 24.3 Å². The van der Waals surface area contributed by atoms with Crippen LogP contribution in [-0.4, -0.2) is 6.61 Å². The van der Waals surface area contributed by atoms with Crippen molar-refractivity contribution in [1.82, 2.24) is 0 Å². The molecule has 0 aromatic heterocycles. The Labute approximate surface area is 89.7 Å². The quantitative estimate of drug-likeness (QED) is 0.698. The van der Waals surface area contributed by atoms with Crippen LogP contribution in [0.25, 0.3) is 0 Å². The number of benzene rings is 1. The topological polar surface area (TPSA) is 9.23 Å². The maximum Gasteiger partial charge on any atom is 0.123 e. The molecule has 1 aliphatic heterocycles. The summed E-state index contributed by atoms with van der Waals surface area (Å²) in [6.45, 7) is 0.835. The SMILES string of the molecule is Cl.Fc1ccc([C@H]2CCCCO2)cc1. The lowest BCUT2D eigenvalue weighted by Crippen LogP contribution is -2.11. The van der Waals surface area contributed by atoms with Gasteiger partial charge >= 0.3 is 0 Å². The minimum Gasteiger partial charge on any atom is -0.374 e. The Kier molecular flexibility index (Phi) is 4.36. The molecule has 3 heteroatoms. The van der Waals surface area contributed by atoms with Gasteiger partial charge in [-0.15, -0.1) is 12.4 Å². The third-order valence-electron chi connectivity index (χ3n) is 2.42. The highest BCUT2D eigenvalue weighted by atomic mass is 35.5. The van der Waals surface area contributed by atoms with Crippen molar-refractivity contribution < 1.29 is 9.13 Å². The van der Waals surface area contributed by atoms with E-state index in [9.17, 15) is 4.39 Å². The Hall–Kier alpha value is -0.600. The summed E-state index contributed by atoms with van der Waals surface area (Å²) in [6.07, 6.45) is 3.61. The van der Waals surface area contributed by atoms with Gasteiger partial charge in [0.2, 0.25) is 0 Å². The van der Waals surface area contributed by atoms with E-state index in [1.54, 1.807) is 0 Å². The number of hydrogen-bond acceptors (Lipinski definition) is 1. The molecule has 0 N–H and O–H groups in total. The van der Waals surface area contributed by atoms with Crippen LogP contribution in [0.2, 0.25) is 0 Å². The maximum absolute atomic E-state index is 12.6. The van der Waals surface area contributed by atoms with Crippen LogP contribution in [0.1, 0.15) is 30.9 Å². The lowest BCUT2D eigenvalue weighted by atomic mass is 10.0. The van der Waals surface area contributed by atoms with Crippen molar-refractivity contribution in [1.29, 1.82) is 0 Å². The standard InChI is InChI=1S/C11H13FO.ClH/c12-10-6-4-9(5-7-10)11-3-1-2-8-13-11;/h4-7,11H,1-3,8H2;1H/t11-;/m1./s1. The van der Waals surface area contributed by atoms with E-state index in [1.807, 2.05) is 12.1 Å². The van der Waals surface area contributed by atoms with E-state index < -0.39 is 0 Å². The predicted octanol–water partition coefficient (Wildman–Crippen LogP) is 3.49. The molecule has 1 fully saturated rings. The molecule has 0 unspecified atom stereocenters. The molecule has 1 nitrogen and oxygen atoms in total. The second kappa shape index (κ2) is 5.32. The van der Waals surface area contributed by atoms with Gasteiger partial charge in [-0.2, -0.15) is 0 Å². The molecule has 0 saturated carbocycles. The highest BCUT2D eigenvalue weighted by Crippen LogP contribution is 2.27. The number of rotatable bonds is 1. The summed E-state index contributed by atoms with van der Waals surface area (Å²) in [5, 5.41) is 0. The van der Waals surface area contributed by atoms with Crippen molar-refractivity contribution in [3.05, 3.63) is 35.6 Å². The zero-order chi connectivity index (χ0) is 9.10. The Morgan fingerprint density at radius 3 is 2.43 bits per heavy atom. The first-order chi connectivity index (χ1) is 6.36. The molecule has 0 bridgehead atoms. The molecule has 1 saturated heterocycles. The van der Waals surface area contributed by atoms with Gasteiger partial charge in [0.25, 0.3) is 0 Å². The van der Waals surface area contributed by atoms with Crippen molar-refractivity contribution in [2.45, 2.75) is 25.4 Å². The van der Waals surface area contributed by atoms with E-state index in [1.165, 1.54) is 18.6 Å². The summed E-state index contributed by atoms with van der Waals surface area (Å²) in [6, 6.07) is 6.61. The van der Waals surface area contributed by atoms with Gasteiger partial charge in [0.1, 0.15) is 5.82 Å². The molecule has 1 heterocycles. The predicted molar refractivity (Wildman–Crippen MR) is 56.2 cm³/mol. The summed E-state index contributed by atoms with van der Waals surface area (Å²) >= 11 is 0. The second-order valence-corrected chi connectivity index (χ2v) is 3.41. The van der Waals surface area contributed by atoms with Crippen LogP contribution in [0, 0.1) is 5.82 Å². The normalized spacial score (nSPS) is 21.4. The van der Waals surface area contributed by atoms with E-state index in [0.717, 1.165) is 25.0 Å². The molecule has 0 spiro atoms. The van der Waals surface area contributed by atoms with Gasteiger partial charge in [-0.1, -0.05) is 12.1 Å². The molecule has 14 heavy (non-hydrogen) atoms. The zero-order valence-electron chi connectivity index (χ0n) is 7.91. The van der Waals surface area contributed by atoms with Crippen LogP contribution < -0.4 is 0 Å². The van der Waals surface area contributed by atoms with Crippen molar-refractivity contribution in [3.8, 4) is 0 Å². The first-order valence-corrected chi connectivity index (χ1v) is 4.73. The third-order valence-corrected chi connectivity index (χ3v) is 2.42. The molecule has 2 rings (SSSR count). The van der Waals surface area contributed by atoms with E-state index in [2.05, 4.69) is 0 Å². The highest BCUT2D eigenvalue weighted by molar-refractivity contribution is 5.85. The lowest BCUT2D eigenvalue weighted by Gasteiger charge is -2.22. The van der Waals surface area contributed by atoms with Gasteiger partial charge in [-0.3, -0.25) is 0 Å². The van der Waals surface area contributed by atoms with Crippen LogP contribution in [0.5, 0.6) is 0 Å². The average Bonchev–Trinajstić information content (AvgIpc) is 2.20. The molecule has 0 amide bonds. The van der Waals surface area contributed by atoms with Crippen molar-refractivity contribution >= 4 is 12.4 Å². The minimum absolute atomic E-state index is 0. The van der Waals surface area contributed by atoms with Crippen molar-refractivity contribution in [2.24, 2.45) is 0 Å². The Morgan fingerprint density at radius 1 is 1.14 bits per heavy atom. The average molecular weight is 217 g/mol. The van der Waals surface area contributed by atoms with Gasteiger partial charge in [0.05, 0.1) is 6.10 Å². The molecular formula is C11H14ClFO. The summed E-state index contributed by atoms with van der Waals surface area (Å²) in [5.41, 5.74) is 1.10. The molecule has 78 valence electrons. The zero-order valence-corrected chi connectivity index (χ0v) is 8.73. The van der Waals surface area contributed by atoms with E-state index in [-0.39, 0.29) is 24.3 Å². The van der Waals surface area contributed by atoms with Gasteiger partial charge < -0.3 is 4.74 Å². The fourth-order valence-corrected chi connectivity index (χ4v) is 1.68. The van der Waals surface area contributed by atoms with Crippen molar-refractivity contribution in [3.63, 3.8) is 0 Å². The van der Waals surface area contributed by atoms with E-state index >= 15 is 0 Å². The smallest absolute Gasteiger partial charge is 0.123 e. The fraction of sp³-hybridized carbons (Fsp3) is 0.455. The Bertz CT molecular complexity index is 267. The minimum atomic E-state index is -0.181. The first-order valence-electron chi connectivity index (χ1n) is 4.73. The number of ether oxygens (including phenoxy) is 1. The highest BCUT2D eigenvalue weighted by Gasteiger charge is 2.15. The van der Waals surface area contributed by atoms with Gasteiger partial charge in [0, 0.05) is 6.61 Å². The van der Waals surface area contributed by atoms with Crippen LogP contribution in [0.3, 0.4) is 0 Å². The summed E-state index contributed by atoms with van der Waals surface area (Å²) in [5.74, 6) is -0.181. The maximum atomic E-state index is 12.6. The second-order valence-electron chi connectivity index (χ2n) is 3.41. The molecule has 1 aromatic carbocycles. The van der Waals surface area contributed by atoms with E-state index in [4.69, 9.17) is 4.74 Å². The van der Waals surface area contributed by atoms with Crippen LogP contribution in [0.4, 0.5) is 4.39 Å². The monoisotopic (exact) mass is 216 g/mol. The number of halogens is 2. The fourth-order valence-electron chi connectivity index (χ4n) is 1.68. The Morgan fingerprint density at radius 2 is 1.86 bits per heavy atom. The Balaban J connectivity index is 0.000000980. The first kappa shape index (κ1) is 11.5.